The van der Waals surface area contributed by atoms with Crippen molar-refractivity contribution in [2.24, 2.45) is 28.6 Å². The molecule has 0 N–H and O–H groups in total. The molecule has 0 radical (unpaired) electrons. The standard InChI is InChI=1S/C15H25BrO/c1-10(6-8-16)11-5-7-15(4)9-14(2,3)13(17)12(11)15/h10-12H,5-9H2,1-4H3/t10?,11-,12+,15-/m0/s1. The van der Waals surface area contributed by atoms with Crippen molar-refractivity contribution in [2.45, 2.75) is 53.4 Å². The smallest absolute Gasteiger partial charge is 0.142 e. The second kappa shape index (κ2) is 4.36. The predicted octanol–water partition coefficient (Wildman–Crippen LogP) is 4.44. The first-order valence-electron chi connectivity index (χ1n) is 6.92. The Balaban J connectivity index is 2.22. The minimum atomic E-state index is -0.0772. The molecule has 17 heavy (non-hydrogen) atoms. The van der Waals surface area contributed by atoms with Gasteiger partial charge >= 0.3 is 0 Å². The van der Waals surface area contributed by atoms with E-state index in [-0.39, 0.29) is 5.41 Å². The van der Waals surface area contributed by atoms with Gasteiger partial charge in [-0.25, -0.2) is 0 Å². The molecule has 1 nitrogen and oxygen atoms in total. The van der Waals surface area contributed by atoms with E-state index in [2.05, 4.69) is 43.6 Å². The summed E-state index contributed by atoms with van der Waals surface area (Å²) in [5.41, 5.74) is 0.220. The summed E-state index contributed by atoms with van der Waals surface area (Å²) in [6.45, 7) is 8.97. The number of rotatable bonds is 3. The Hall–Kier alpha value is 0.150. The molecule has 4 atom stereocenters. The summed E-state index contributed by atoms with van der Waals surface area (Å²) in [6.07, 6.45) is 4.81. The van der Waals surface area contributed by atoms with E-state index in [1.807, 2.05) is 0 Å². The van der Waals surface area contributed by atoms with Gasteiger partial charge in [0.05, 0.1) is 0 Å². The number of ketones is 1. The number of fused-ring (bicyclic) bond motifs is 1. The SMILES string of the molecule is CC(CCBr)[C@@H]1CC[C@@]2(C)CC(C)(C)C(=O)[C@@H]12. The number of hydrogen-bond donors (Lipinski definition) is 0. The summed E-state index contributed by atoms with van der Waals surface area (Å²) in [7, 11) is 0. The van der Waals surface area contributed by atoms with Gasteiger partial charge in [-0.15, -0.1) is 0 Å². The highest BCUT2D eigenvalue weighted by Crippen LogP contribution is 2.62. The molecule has 2 fully saturated rings. The minimum Gasteiger partial charge on any atom is -0.299 e. The zero-order valence-corrected chi connectivity index (χ0v) is 13.1. The van der Waals surface area contributed by atoms with Crippen molar-refractivity contribution in [2.75, 3.05) is 5.33 Å². The zero-order chi connectivity index (χ0) is 12.8. The fourth-order valence-corrected chi connectivity index (χ4v) is 5.28. The summed E-state index contributed by atoms with van der Waals surface area (Å²) in [4.78, 5) is 12.6. The van der Waals surface area contributed by atoms with Crippen LogP contribution in [0.1, 0.15) is 53.4 Å². The van der Waals surface area contributed by atoms with Crippen LogP contribution < -0.4 is 0 Å². The van der Waals surface area contributed by atoms with Crippen LogP contribution in [0.3, 0.4) is 0 Å². The molecule has 98 valence electrons. The molecule has 2 rings (SSSR count). The van der Waals surface area contributed by atoms with Gasteiger partial charge < -0.3 is 0 Å². The Morgan fingerprint density at radius 3 is 2.65 bits per heavy atom. The van der Waals surface area contributed by atoms with Crippen LogP contribution in [0, 0.1) is 28.6 Å². The van der Waals surface area contributed by atoms with E-state index in [9.17, 15) is 4.79 Å². The van der Waals surface area contributed by atoms with Crippen molar-refractivity contribution in [3.8, 4) is 0 Å². The maximum absolute atomic E-state index is 12.6. The van der Waals surface area contributed by atoms with Gasteiger partial charge in [0, 0.05) is 16.7 Å². The van der Waals surface area contributed by atoms with Crippen LogP contribution in [0.15, 0.2) is 0 Å². The number of Topliss-reactive ketones (excluding diaryl/α,β-unsaturated/α-hetero) is 1. The lowest BCUT2D eigenvalue weighted by atomic mass is 9.75. The lowest BCUT2D eigenvalue weighted by Crippen LogP contribution is -2.30. The summed E-state index contributed by atoms with van der Waals surface area (Å²) in [6, 6.07) is 0. The Labute approximate surface area is 114 Å². The fraction of sp³-hybridized carbons (Fsp3) is 0.933. The Bertz CT molecular complexity index is 323. The lowest BCUT2D eigenvalue weighted by molar-refractivity contribution is -0.129. The van der Waals surface area contributed by atoms with Crippen LogP contribution in [-0.2, 0) is 4.79 Å². The molecule has 2 heteroatoms. The van der Waals surface area contributed by atoms with Crippen LogP contribution in [0.5, 0.6) is 0 Å². The van der Waals surface area contributed by atoms with Gasteiger partial charge in [0.2, 0.25) is 0 Å². The van der Waals surface area contributed by atoms with E-state index in [1.165, 1.54) is 19.3 Å². The molecular formula is C15H25BrO. The van der Waals surface area contributed by atoms with Gasteiger partial charge in [-0.1, -0.05) is 43.6 Å². The average Bonchev–Trinajstić information content (AvgIpc) is 2.61. The lowest BCUT2D eigenvalue weighted by Gasteiger charge is -2.28. The summed E-state index contributed by atoms with van der Waals surface area (Å²) >= 11 is 3.54. The molecule has 0 aliphatic heterocycles. The predicted molar refractivity (Wildman–Crippen MR) is 75.3 cm³/mol. The van der Waals surface area contributed by atoms with Gasteiger partial charge in [0.1, 0.15) is 5.78 Å². The number of halogens is 1. The zero-order valence-electron chi connectivity index (χ0n) is 11.6. The van der Waals surface area contributed by atoms with Gasteiger partial charge in [-0.05, 0) is 42.9 Å². The van der Waals surface area contributed by atoms with Gasteiger partial charge in [-0.2, -0.15) is 0 Å². The highest BCUT2D eigenvalue weighted by Gasteiger charge is 2.60. The minimum absolute atomic E-state index is 0.0772. The van der Waals surface area contributed by atoms with Crippen molar-refractivity contribution in [3.05, 3.63) is 0 Å². The Morgan fingerprint density at radius 2 is 2.06 bits per heavy atom. The van der Waals surface area contributed by atoms with Crippen molar-refractivity contribution in [1.29, 1.82) is 0 Å². The maximum Gasteiger partial charge on any atom is 0.142 e. The molecule has 2 aliphatic rings. The highest BCUT2D eigenvalue weighted by atomic mass is 79.9. The summed E-state index contributed by atoms with van der Waals surface area (Å²) < 4.78 is 0. The van der Waals surface area contributed by atoms with E-state index in [0.717, 1.165) is 11.8 Å². The number of carbonyl (C=O) groups is 1. The molecular weight excluding hydrogens is 276 g/mol. The second-order valence-corrected chi connectivity index (χ2v) is 8.01. The molecule has 2 saturated carbocycles. The van der Waals surface area contributed by atoms with E-state index in [1.54, 1.807) is 0 Å². The van der Waals surface area contributed by atoms with E-state index in [0.29, 0.717) is 29.0 Å². The Morgan fingerprint density at radius 1 is 1.41 bits per heavy atom. The molecule has 0 spiro atoms. The molecule has 0 saturated heterocycles. The first kappa shape index (κ1) is 13.6. The van der Waals surface area contributed by atoms with Crippen LogP contribution in [0.4, 0.5) is 0 Å². The third kappa shape index (κ3) is 2.11. The second-order valence-electron chi connectivity index (χ2n) is 7.21. The Kier molecular flexibility index (Phi) is 3.48. The molecule has 0 aromatic carbocycles. The normalized spacial score (nSPS) is 41.6. The molecule has 0 aromatic rings. The molecule has 0 amide bonds. The van der Waals surface area contributed by atoms with E-state index >= 15 is 0 Å². The molecule has 0 aromatic heterocycles. The number of alkyl halides is 1. The fourth-order valence-electron chi connectivity index (χ4n) is 4.56. The van der Waals surface area contributed by atoms with Crippen molar-refractivity contribution < 1.29 is 4.79 Å². The third-order valence-corrected chi connectivity index (χ3v) is 5.78. The molecule has 0 bridgehead atoms. The number of hydrogen-bond acceptors (Lipinski definition) is 1. The van der Waals surface area contributed by atoms with E-state index in [4.69, 9.17) is 0 Å². The van der Waals surface area contributed by atoms with Crippen LogP contribution in [-0.4, -0.2) is 11.1 Å². The third-order valence-electron chi connectivity index (χ3n) is 5.32. The van der Waals surface area contributed by atoms with Gasteiger partial charge in [-0.3, -0.25) is 4.79 Å². The molecule has 2 aliphatic carbocycles. The summed E-state index contributed by atoms with van der Waals surface area (Å²) in [5.74, 6) is 2.20. The van der Waals surface area contributed by atoms with Crippen LogP contribution >= 0.6 is 15.9 Å². The van der Waals surface area contributed by atoms with Crippen molar-refractivity contribution in [3.63, 3.8) is 0 Å². The highest BCUT2D eigenvalue weighted by molar-refractivity contribution is 9.09. The maximum atomic E-state index is 12.6. The van der Waals surface area contributed by atoms with Crippen LogP contribution in [0.2, 0.25) is 0 Å². The number of carbonyl (C=O) groups excluding carboxylic acids is 1. The molecule has 1 unspecified atom stereocenters. The van der Waals surface area contributed by atoms with Crippen molar-refractivity contribution >= 4 is 21.7 Å². The molecule has 0 heterocycles. The largest absolute Gasteiger partial charge is 0.299 e. The van der Waals surface area contributed by atoms with Gasteiger partial charge in [0.15, 0.2) is 0 Å². The summed E-state index contributed by atoms with van der Waals surface area (Å²) in [5, 5.41) is 1.06. The quantitative estimate of drug-likeness (QED) is 0.704. The van der Waals surface area contributed by atoms with Gasteiger partial charge in [0.25, 0.3) is 0 Å². The first-order chi connectivity index (χ1) is 7.82. The van der Waals surface area contributed by atoms with E-state index < -0.39 is 0 Å². The topological polar surface area (TPSA) is 17.1 Å². The monoisotopic (exact) mass is 300 g/mol. The average molecular weight is 301 g/mol. The van der Waals surface area contributed by atoms with Crippen LogP contribution in [0.25, 0.3) is 0 Å². The first-order valence-corrected chi connectivity index (χ1v) is 8.04. The van der Waals surface area contributed by atoms with Crippen molar-refractivity contribution in [1.82, 2.24) is 0 Å².